The molecule has 2 saturated heterocycles. The van der Waals surface area contributed by atoms with Crippen molar-refractivity contribution in [2.75, 3.05) is 31.7 Å². The van der Waals surface area contributed by atoms with E-state index in [1.54, 1.807) is 30.3 Å². The summed E-state index contributed by atoms with van der Waals surface area (Å²) in [5.74, 6) is -1.20. The van der Waals surface area contributed by atoms with E-state index in [1.807, 2.05) is 0 Å². The molecular formula is C28H30FN3O6S. The summed E-state index contributed by atoms with van der Waals surface area (Å²) in [6, 6.07) is 13.9. The minimum absolute atomic E-state index is 0.103. The highest BCUT2D eigenvalue weighted by atomic mass is 32.2. The van der Waals surface area contributed by atoms with Gasteiger partial charge in [-0.2, -0.15) is 0 Å². The highest BCUT2D eigenvalue weighted by Gasteiger charge is 2.29. The van der Waals surface area contributed by atoms with Crippen LogP contribution in [0.4, 0.5) is 10.1 Å². The average Bonchev–Trinajstić information content (AvgIpc) is 2.91. The van der Waals surface area contributed by atoms with Crippen molar-refractivity contribution in [3.63, 3.8) is 0 Å². The van der Waals surface area contributed by atoms with Gasteiger partial charge >= 0.3 is 0 Å². The van der Waals surface area contributed by atoms with E-state index in [1.165, 1.54) is 30.3 Å². The lowest BCUT2D eigenvalue weighted by atomic mass is 9.92. The van der Waals surface area contributed by atoms with Crippen LogP contribution in [0.25, 0.3) is 10.8 Å². The van der Waals surface area contributed by atoms with Crippen molar-refractivity contribution in [1.82, 2.24) is 10.0 Å². The minimum atomic E-state index is -3.82. The van der Waals surface area contributed by atoms with Crippen LogP contribution in [0.3, 0.4) is 0 Å². The summed E-state index contributed by atoms with van der Waals surface area (Å²) in [5, 5.41) is 6.72. The van der Waals surface area contributed by atoms with E-state index >= 15 is 0 Å². The smallest absolute Gasteiger partial charge is 0.251 e. The van der Waals surface area contributed by atoms with Crippen molar-refractivity contribution in [2.45, 2.75) is 36.2 Å². The zero-order valence-corrected chi connectivity index (χ0v) is 22.0. The maximum absolute atomic E-state index is 13.6. The van der Waals surface area contributed by atoms with E-state index in [0.29, 0.717) is 49.3 Å². The summed E-state index contributed by atoms with van der Waals surface area (Å²) in [6.07, 6.45) is 1.94. The number of carbonyl (C=O) groups excluding carboxylic acids is 2. The lowest BCUT2D eigenvalue weighted by Gasteiger charge is -2.27. The molecule has 11 heteroatoms. The number of ether oxygens (including phenoxy) is 2. The second-order valence-corrected chi connectivity index (χ2v) is 11.5. The van der Waals surface area contributed by atoms with E-state index in [9.17, 15) is 22.4 Å². The summed E-state index contributed by atoms with van der Waals surface area (Å²) < 4.78 is 52.6. The summed E-state index contributed by atoms with van der Waals surface area (Å²) in [7, 11) is -3.82. The van der Waals surface area contributed by atoms with E-state index in [2.05, 4.69) is 15.4 Å². The molecule has 0 unspecified atom stereocenters. The van der Waals surface area contributed by atoms with Gasteiger partial charge in [-0.1, -0.05) is 24.3 Å². The van der Waals surface area contributed by atoms with Gasteiger partial charge < -0.3 is 20.1 Å². The fourth-order valence-corrected chi connectivity index (χ4v) is 6.25. The Balaban J connectivity index is 1.39. The number of anilines is 1. The van der Waals surface area contributed by atoms with Crippen LogP contribution in [-0.2, 0) is 24.3 Å². The number of fused-ring (bicyclic) bond motifs is 1. The van der Waals surface area contributed by atoms with Gasteiger partial charge in [-0.05, 0) is 61.6 Å². The van der Waals surface area contributed by atoms with Gasteiger partial charge in [-0.15, -0.1) is 0 Å². The van der Waals surface area contributed by atoms with Crippen LogP contribution in [0, 0.1) is 11.7 Å². The van der Waals surface area contributed by atoms with Gasteiger partial charge in [-0.3, -0.25) is 9.59 Å². The Hall–Kier alpha value is -3.38. The zero-order valence-electron chi connectivity index (χ0n) is 21.2. The number of hydrogen-bond donors (Lipinski definition) is 3. The number of benzene rings is 3. The van der Waals surface area contributed by atoms with E-state index in [0.717, 1.165) is 12.8 Å². The van der Waals surface area contributed by atoms with Gasteiger partial charge in [0, 0.05) is 35.2 Å². The van der Waals surface area contributed by atoms with Crippen molar-refractivity contribution in [3.8, 4) is 0 Å². The molecule has 2 fully saturated rings. The molecule has 0 saturated carbocycles. The van der Waals surface area contributed by atoms with Crippen molar-refractivity contribution in [3.05, 3.63) is 72.0 Å². The molecule has 0 spiro atoms. The van der Waals surface area contributed by atoms with Crippen LogP contribution in [-0.4, -0.2) is 58.7 Å². The number of rotatable bonds is 9. The summed E-state index contributed by atoms with van der Waals surface area (Å²) in [5.41, 5.74) is 0.667. The molecule has 39 heavy (non-hydrogen) atoms. The fraction of sp³-hybridized carbons (Fsp3) is 0.357. The second kappa shape index (κ2) is 11.8. The van der Waals surface area contributed by atoms with Gasteiger partial charge in [0.2, 0.25) is 15.9 Å². The molecule has 0 radical (unpaired) electrons. The largest absolute Gasteiger partial charge is 0.381 e. The van der Waals surface area contributed by atoms with Crippen molar-refractivity contribution in [1.29, 1.82) is 0 Å². The fourth-order valence-electron chi connectivity index (χ4n) is 4.82. The van der Waals surface area contributed by atoms with Gasteiger partial charge in [-0.25, -0.2) is 17.5 Å². The first kappa shape index (κ1) is 27.2. The number of carbonyl (C=O) groups is 2. The molecule has 5 rings (SSSR count). The first-order chi connectivity index (χ1) is 18.8. The lowest BCUT2D eigenvalue weighted by molar-refractivity contribution is -0.118. The van der Waals surface area contributed by atoms with E-state index in [4.69, 9.17) is 9.47 Å². The molecule has 2 aliphatic rings. The Kier molecular flexibility index (Phi) is 8.22. The third-order valence-corrected chi connectivity index (χ3v) is 8.61. The molecule has 1 atom stereocenters. The van der Waals surface area contributed by atoms with Crippen molar-refractivity contribution < 1.29 is 31.9 Å². The Morgan fingerprint density at radius 2 is 1.62 bits per heavy atom. The normalized spacial score (nSPS) is 17.4. The summed E-state index contributed by atoms with van der Waals surface area (Å²) >= 11 is 0. The first-order valence-corrected chi connectivity index (χ1v) is 14.4. The third kappa shape index (κ3) is 6.44. The number of sulfonamides is 1. The second-order valence-electron chi connectivity index (χ2n) is 9.83. The quantitative estimate of drug-likeness (QED) is 0.373. The highest BCUT2D eigenvalue weighted by molar-refractivity contribution is 7.89. The highest BCUT2D eigenvalue weighted by Crippen LogP contribution is 2.30. The molecule has 3 N–H and O–H groups in total. The van der Waals surface area contributed by atoms with Gasteiger partial charge in [0.05, 0.1) is 24.2 Å². The van der Waals surface area contributed by atoms with Crippen molar-refractivity contribution >= 4 is 38.3 Å². The molecule has 2 amide bonds. The molecule has 3 aromatic rings. The van der Waals surface area contributed by atoms with Crippen LogP contribution in [0.2, 0.25) is 0 Å². The molecular weight excluding hydrogens is 525 g/mol. The van der Waals surface area contributed by atoms with Crippen molar-refractivity contribution in [2.24, 2.45) is 5.92 Å². The number of amides is 2. The maximum Gasteiger partial charge on any atom is 0.251 e. The molecule has 0 bridgehead atoms. The predicted molar refractivity (Wildman–Crippen MR) is 143 cm³/mol. The van der Waals surface area contributed by atoms with Crippen LogP contribution in [0.1, 0.15) is 29.6 Å². The zero-order chi connectivity index (χ0) is 27.4. The Morgan fingerprint density at radius 3 is 2.31 bits per heavy atom. The van der Waals surface area contributed by atoms with Gasteiger partial charge in [0.25, 0.3) is 5.91 Å². The SMILES string of the molecule is O=C(N[C@@H](CC1CCOCC1)C(=O)Nc1cccc2c(S(=O)(=O)NC3COC3)cccc12)c1ccc(F)cc1. The lowest BCUT2D eigenvalue weighted by Crippen LogP contribution is -2.48. The first-order valence-electron chi connectivity index (χ1n) is 12.9. The molecule has 2 heterocycles. The van der Waals surface area contributed by atoms with E-state index in [-0.39, 0.29) is 22.4 Å². The Morgan fingerprint density at radius 1 is 0.923 bits per heavy atom. The standard InChI is InChI=1S/C28H30FN3O6S/c29-20-9-7-19(8-10-20)27(33)31-25(15-18-11-13-37-14-12-18)28(34)30-24-5-1-4-23-22(24)3-2-6-26(23)39(35,36)32-21-16-38-17-21/h1-10,18,21,25,32H,11-17H2,(H,30,34)(H,31,33)/t25-/m0/s1. The average molecular weight is 556 g/mol. The number of halogens is 1. The molecule has 2 aliphatic heterocycles. The topological polar surface area (TPSA) is 123 Å². The molecule has 9 nitrogen and oxygen atoms in total. The predicted octanol–water partition coefficient (Wildman–Crippen LogP) is 3.21. The monoisotopic (exact) mass is 555 g/mol. The van der Waals surface area contributed by atoms with Crippen LogP contribution in [0.15, 0.2) is 65.6 Å². The molecule has 3 aromatic carbocycles. The van der Waals surface area contributed by atoms with Crippen LogP contribution >= 0.6 is 0 Å². The van der Waals surface area contributed by atoms with Crippen LogP contribution in [0.5, 0.6) is 0 Å². The Bertz CT molecular complexity index is 1450. The molecule has 0 aromatic heterocycles. The molecule has 206 valence electrons. The summed E-state index contributed by atoms with van der Waals surface area (Å²) in [4.78, 5) is 26.6. The van der Waals surface area contributed by atoms with Gasteiger partial charge in [0.15, 0.2) is 0 Å². The Labute approximate surface area is 226 Å². The minimum Gasteiger partial charge on any atom is -0.381 e. The third-order valence-electron chi connectivity index (χ3n) is 7.03. The number of hydrogen-bond acceptors (Lipinski definition) is 6. The van der Waals surface area contributed by atoms with E-state index < -0.39 is 33.7 Å². The van der Waals surface area contributed by atoms with Crippen LogP contribution < -0.4 is 15.4 Å². The summed E-state index contributed by atoms with van der Waals surface area (Å²) in [6.45, 7) is 1.83. The maximum atomic E-state index is 13.6. The number of nitrogens with one attached hydrogen (secondary N) is 3. The molecule has 0 aliphatic carbocycles. The van der Waals surface area contributed by atoms with Gasteiger partial charge in [0.1, 0.15) is 11.9 Å².